The molecule has 2 N–H and O–H groups in total. The summed E-state index contributed by atoms with van der Waals surface area (Å²) in [6, 6.07) is 0. The van der Waals surface area contributed by atoms with Gasteiger partial charge >= 0.3 is 5.69 Å². The van der Waals surface area contributed by atoms with Gasteiger partial charge in [0, 0.05) is 13.6 Å². The molecule has 1 heterocycles. The highest BCUT2D eigenvalue weighted by atomic mass is 16.6. The van der Waals surface area contributed by atoms with Crippen LogP contribution in [0.2, 0.25) is 0 Å². The van der Waals surface area contributed by atoms with Gasteiger partial charge in [-0.3, -0.25) is 10.1 Å². The monoisotopic (exact) mass is 265 g/mol. The number of rotatable bonds is 6. The van der Waals surface area contributed by atoms with Crippen LogP contribution >= 0.6 is 0 Å². The number of nitrogens with zero attached hydrogens (tertiary/aromatic N) is 3. The Morgan fingerprint density at radius 2 is 2.05 bits per heavy atom. The molecule has 1 aromatic rings. The van der Waals surface area contributed by atoms with E-state index in [1.165, 1.54) is 32.0 Å². The van der Waals surface area contributed by atoms with Gasteiger partial charge < -0.3 is 10.6 Å². The van der Waals surface area contributed by atoms with Crippen molar-refractivity contribution in [3.8, 4) is 0 Å². The maximum atomic E-state index is 11.1. The first-order valence-electron chi connectivity index (χ1n) is 6.63. The lowest BCUT2D eigenvalue weighted by atomic mass is 10.0. The number of hydrogen-bond acceptors (Lipinski definition) is 6. The van der Waals surface area contributed by atoms with Gasteiger partial charge in [-0.15, -0.1) is 0 Å². The molecule has 0 atom stereocenters. The molecule has 0 radical (unpaired) electrons. The Morgan fingerprint density at radius 3 is 2.68 bits per heavy atom. The van der Waals surface area contributed by atoms with Gasteiger partial charge in [-0.05, 0) is 12.3 Å². The lowest BCUT2D eigenvalue weighted by Gasteiger charge is -2.11. The summed E-state index contributed by atoms with van der Waals surface area (Å²) in [5.41, 5.74) is -0.0866. The number of anilines is 2. The zero-order valence-corrected chi connectivity index (χ0v) is 11.1. The molecule has 7 heteroatoms. The second-order valence-electron chi connectivity index (χ2n) is 4.79. The summed E-state index contributed by atoms with van der Waals surface area (Å²) in [5.74, 6) is 1.28. The van der Waals surface area contributed by atoms with Crippen LogP contribution in [0.3, 0.4) is 0 Å². The zero-order valence-electron chi connectivity index (χ0n) is 11.1. The van der Waals surface area contributed by atoms with Gasteiger partial charge in [-0.2, -0.15) is 0 Å². The van der Waals surface area contributed by atoms with Crippen molar-refractivity contribution in [1.29, 1.82) is 0 Å². The largest absolute Gasteiger partial charge is 0.367 e. The van der Waals surface area contributed by atoms with Crippen molar-refractivity contribution in [2.45, 2.75) is 32.1 Å². The van der Waals surface area contributed by atoms with Crippen LogP contribution < -0.4 is 10.6 Å². The molecular weight excluding hydrogens is 246 g/mol. The van der Waals surface area contributed by atoms with E-state index in [1.54, 1.807) is 7.05 Å². The molecule has 1 aliphatic carbocycles. The smallest absolute Gasteiger partial charge is 0.353 e. The number of hydrogen-bond donors (Lipinski definition) is 2. The second-order valence-corrected chi connectivity index (χ2v) is 4.79. The predicted molar refractivity (Wildman–Crippen MR) is 73.3 cm³/mol. The first-order chi connectivity index (χ1) is 9.22. The predicted octanol–water partition coefficient (Wildman–Crippen LogP) is 2.42. The Morgan fingerprint density at radius 1 is 1.37 bits per heavy atom. The maximum absolute atomic E-state index is 11.1. The van der Waals surface area contributed by atoms with Crippen molar-refractivity contribution in [2.75, 3.05) is 24.2 Å². The molecule has 0 bridgehead atoms. The van der Waals surface area contributed by atoms with Crippen LogP contribution in [0.5, 0.6) is 0 Å². The summed E-state index contributed by atoms with van der Waals surface area (Å²) in [6.45, 7) is 0.714. The highest BCUT2D eigenvalue weighted by Crippen LogP contribution is 2.30. The molecule has 0 unspecified atom stereocenters. The third kappa shape index (κ3) is 3.30. The van der Waals surface area contributed by atoms with Crippen LogP contribution in [0, 0.1) is 16.0 Å². The Kier molecular flexibility index (Phi) is 4.48. The molecule has 0 spiro atoms. The van der Waals surface area contributed by atoms with E-state index in [4.69, 9.17) is 0 Å². The van der Waals surface area contributed by atoms with Gasteiger partial charge in [0.05, 0.1) is 4.92 Å². The van der Waals surface area contributed by atoms with E-state index in [2.05, 4.69) is 20.6 Å². The van der Waals surface area contributed by atoms with Crippen LogP contribution in [0.25, 0.3) is 0 Å². The van der Waals surface area contributed by atoms with E-state index in [0.717, 1.165) is 12.3 Å². The summed E-state index contributed by atoms with van der Waals surface area (Å²) >= 11 is 0. The van der Waals surface area contributed by atoms with E-state index >= 15 is 0 Å². The molecular formula is C12H19N5O2. The number of nitro groups is 1. The highest BCUT2D eigenvalue weighted by Gasteiger charge is 2.22. The molecule has 1 aliphatic rings. The third-order valence-electron chi connectivity index (χ3n) is 3.56. The van der Waals surface area contributed by atoms with E-state index in [0.29, 0.717) is 12.4 Å². The number of aromatic nitrogens is 2. The summed E-state index contributed by atoms with van der Waals surface area (Å²) in [6.07, 6.45) is 7.53. The Bertz CT molecular complexity index is 446. The first kappa shape index (κ1) is 13.5. The quantitative estimate of drug-likeness (QED) is 0.606. The van der Waals surface area contributed by atoms with Gasteiger partial charge in [-0.25, -0.2) is 9.97 Å². The molecule has 0 aromatic carbocycles. The fourth-order valence-corrected chi connectivity index (χ4v) is 2.56. The van der Waals surface area contributed by atoms with Gasteiger partial charge in [0.2, 0.25) is 11.6 Å². The average molecular weight is 265 g/mol. The van der Waals surface area contributed by atoms with E-state index in [1.807, 2.05) is 0 Å². The van der Waals surface area contributed by atoms with Gasteiger partial charge in [-0.1, -0.05) is 25.7 Å². The van der Waals surface area contributed by atoms with Crippen LogP contribution in [-0.4, -0.2) is 28.5 Å². The molecule has 1 aromatic heterocycles. The molecule has 1 fully saturated rings. The van der Waals surface area contributed by atoms with Crippen LogP contribution in [0.1, 0.15) is 32.1 Å². The van der Waals surface area contributed by atoms with Crippen molar-refractivity contribution >= 4 is 17.3 Å². The van der Waals surface area contributed by atoms with E-state index in [-0.39, 0.29) is 11.5 Å². The van der Waals surface area contributed by atoms with Crippen molar-refractivity contribution in [1.82, 2.24) is 9.97 Å². The minimum absolute atomic E-state index is 0.0866. The normalized spacial score (nSPS) is 15.4. The number of nitrogens with one attached hydrogen (secondary N) is 2. The van der Waals surface area contributed by atoms with E-state index in [9.17, 15) is 10.1 Å². The van der Waals surface area contributed by atoms with Crippen LogP contribution in [0.4, 0.5) is 17.3 Å². The Labute approximate surface area is 112 Å². The van der Waals surface area contributed by atoms with Crippen LogP contribution in [0.15, 0.2) is 6.33 Å². The zero-order chi connectivity index (χ0) is 13.7. The lowest BCUT2D eigenvalue weighted by molar-refractivity contribution is -0.383. The average Bonchev–Trinajstić information content (AvgIpc) is 2.91. The Hall–Kier alpha value is -1.92. The first-order valence-corrected chi connectivity index (χ1v) is 6.63. The molecule has 1 saturated carbocycles. The van der Waals surface area contributed by atoms with Crippen molar-refractivity contribution in [2.24, 2.45) is 5.92 Å². The molecule has 0 amide bonds. The minimum atomic E-state index is -0.455. The standard InChI is InChI=1S/C12H19N5O2/c1-13-11-10(17(18)19)12(16-8-15-11)14-7-6-9-4-2-3-5-9/h8-9H,2-7H2,1H3,(H2,13,14,15,16). The summed E-state index contributed by atoms with van der Waals surface area (Å²) < 4.78 is 0. The molecule has 0 saturated heterocycles. The summed E-state index contributed by atoms with van der Waals surface area (Å²) in [4.78, 5) is 18.4. The van der Waals surface area contributed by atoms with Crippen molar-refractivity contribution in [3.63, 3.8) is 0 Å². The third-order valence-corrected chi connectivity index (χ3v) is 3.56. The molecule has 19 heavy (non-hydrogen) atoms. The summed E-state index contributed by atoms with van der Waals surface area (Å²) in [5, 5.41) is 16.8. The topological polar surface area (TPSA) is 93.0 Å². The SMILES string of the molecule is CNc1ncnc(NCCC2CCCC2)c1[N+](=O)[O-]. The van der Waals surface area contributed by atoms with Gasteiger partial charge in [0.1, 0.15) is 6.33 Å². The molecule has 2 rings (SSSR count). The lowest BCUT2D eigenvalue weighted by Crippen LogP contribution is -2.11. The highest BCUT2D eigenvalue weighted by molar-refractivity contribution is 5.68. The maximum Gasteiger partial charge on any atom is 0.353 e. The molecule has 104 valence electrons. The van der Waals surface area contributed by atoms with Crippen LogP contribution in [-0.2, 0) is 0 Å². The Balaban J connectivity index is 2.00. The van der Waals surface area contributed by atoms with Gasteiger partial charge in [0.25, 0.3) is 0 Å². The fourth-order valence-electron chi connectivity index (χ4n) is 2.56. The van der Waals surface area contributed by atoms with Crippen molar-refractivity contribution in [3.05, 3.63) is 16.4 Å². The molecule has 0 aliphatic heterocycles. The molecule has 7 nitrogen and oxygen atoms in total. The van der Waals surface area contributed by atoms with E-state index < -0.39 is 4.92 Å². The summed E-state index contributed by atoms with van der Waals surface area (Å²) in [7, 11) is 1.61. The minimum Gasteiger partial charge on any atom is -0.367 e. The van der Waals surface area contributed by atoms with Crippen molar-refractivity contribution < 1.29 is 4.92 Å². The van der Waals surface area contributed by atoms with Gasteiger partial charge in [0.15, 0.2) is 0 Å². The second kappa shape index (κ2) is 6.31. The fraction of sp³-hybridized carbons (Fsp3) is 0.667.